The molecule has 136 valence electrons. The molecule has 5 heteroatoms. The number of ether oxygens (including phenoxy) is 1. The first-order valence-electron chi connectivity index (χ1n) is 9.01. The fourth-order valence-corrected chi connectivity index (χ4v) is 3.04. The molecule has 1 aliphatic rings. The summed E-state index contributed by atoms with van der Waals surface area (Å²) in [5.74, 6) is 0.304. The van der Waals surface area contributed by atoms with E-state index in [9.17, 15) is 9.59 Å². The van der Waals surface area contributed by atoms with E-state index < -0.39 is 0 Å². The zero-order chi connectivity index (χ0) is 18.5. The average molecular weight is 352 g/mol. The first kappa shape index (κ1) is 18.0. The monoisotopic (exact) mass is 352 g/mol. The molecule has 0 bridgehead atoms. The van der Waals surface area contributed by atoms with E-state index in [1.165, 1.54) is 0 Å². The Morgan fingerprint density at radius 1 is 1.04 bits per heavy atom. The van der Waals surface area contributed by atoms with E-state index in [1.807, 2.05) is 24.8 Å². The molecule has 1 saturated heterocycles. The molecule has 1 N–H and O–H groups in total. The van der Waals surface area contributed by atoms with Crippen LogP contribution in [-0.4, -0.2) is 35.9 Å². The minimum atomic E-state index is -0.257. The average Bonchev–Trinajstić information content (AvgIpc) is 3.16. The summed E-state index contributed by atoms with van der Waals surface area (Å²) in [4.78, 5) is 27.0. The van der Waals surface area contributed by atoms with Gasteiger partial charge in [-0.25, -0.2) is 0 Å². The number of amides is 2. The van der Waals surface area contributed by atoms with Gasteiger partial charge in [-0.2, -0.15) is 0 Å². The van der Waals surface area contributed by atoms with Gasteiger partial charge in [-0.1, -0.05) is 18.2 Å². The van der Waals surface area contributed by atoms with Crippen LogP contribution in [0.5, 0.6) is 5.75 Å². The van der Waals surface area contributed by atoms with Crippen LogP contribution in [0.25, 0.3) is 0 Å². The second kappa shape index (κ2) is 8.04. The van der Waals surface area contributed by atoms with Crippen LogP contribution in [-0.2, 0) is 0 Å². The number of para-hydroxylation sites is 1. The molecule has 3 rings (SSSR count). The lowest BCUT2D eigenvalue weighted by Gasteiger charge is -2.16. The van der Waals surface area contributed by atoms with E-state index in [4.69, 9.17) is 4.74 Å². The van der Waals surface area contributed by atoms with Crippen LogP contribution in [0.4, 0.5) is 5.69 Å². The smallest absolute Gasteiger partial charge is 0.259 e. The normalized spacial score (nSPS) is 13.7. The van der Waals surface area contributed by atoms with Crippen molar-refractivity contribution < 1.29 is 14.3 Å². The Morgan fingerprint density at radius 2 is 1.77 bits per heavy atom. The van der Waals surface area contributed by atoms with Gasteiger partial charge in [0.05, 0.1) is 11.7 Å². The number of carbonyl (C=O) groups is 2. The minimum absolute atomic E-state index is 0.0159. The fraction of sp³-hybridized carbons (Fsp3) is 0.333. The van der Waals surface area contributed by atoms with Crippen LogP contribution in [0.3, 0.4) is 0 Å². The Morgan fingerprint density at radius 3 is 2.50 bits per heavy atom. The molecule has 26 heavy (non-hydrogen) atoms. The van der Waals surface area contributed by atoms with Crippen molar-refractivity contribution >= 4 is 17.5 Å². The van der Waals surface area contributed by atoms with E-state index in [2.05, 4.69) is 5.32 Å². The number of carbonyl (C=O) groups excluding carboxylic acids is 2. The van der Waals surface area contributed by atoms with Crippen molar-refractivity contribution in [3.8, 4) is 5.75 Å². The van der Waals surface area contributed by atoms with Crippen molar-refractivity contribution in [3.63, 3.8) is 0 Å². The van der Waals surface area contributed by atoms with Crippen molar-refractivity contribution in [1.82, 2.24) is 4.90 Å². The molecule has 0 radical (unpaired) electrons. The molecule has 0 unspecified atom stereocenters. The number of nitrogens with zero attached hydrogens (tertiary/aromatic N) is 1. The molecule has 1 fully saturated rings. The highest BCUT2D eigenvalue weighted by Gasteiger charge is 2.20. The highest BCUT2D eigenvalue weighted by Crippen LogP contribution is 2.22. The van der Waals surface area contributed by atoms with Gasteiger partial charge in [-0.15, -0.1) is 0 Å². The van der Waals surface area contributed by atoms with Crippen molar-refractivity contribution in [3.05, 3.63) is 59.7 Å². The topological polar surface area (TPSA) is 58.6 Å². The molecule has 2 amide bonds. The second-order valence-electron chi connectivity index (χ2n) is 6.70. The molecule has 0 aliphatic carbocycles. The maximum absolute atomic E-state index is 12.7. The first-order chi connectivity index (χ1) is 12.5. The fourth-order valence-electron chi connectivity index (χ4n) is 3.04. The predicted molar refractivity (Wildman–Crippen MR) is 102 cm³/mol. The Balaban J connectivity index is 1.76. The molecular formula is C21H24N2O3. The molecule has 0 saturated carbocycles. The summed E-state index contributed by atoms with van der Waals surface area (Å²) in [7, 11) is 0. The predicted octanol–water partition coefficient (Wildman–Crippen LogP) is 3.96. The summed E-state index contributed by atoms with van der Waals surface area (Å²) in [6, 6.07) is 14.2. The van der Waals surface area contributed by atoms with Crippen LogP contribution in [0.2, 0.25) is 0 Å². The molecule has 1 heterocycles. The third-order valence-corrected chi connectivity index (χ3v) is 4.26. The molecule has 2 aromatic carbocycles. The SMILES string of the molecule is CC(C)Oc1ccccc1C(=O)Nc1cccc(C(=O)N2CCCC2)c1. The number of likely N-dealkylation sites (tertiary alicyclic amines) is 1. The Labute approximate surface area is 154 Å². The first-order valence-corrected chi connectivity index (χ1v) is 9.01. The number of hydrogen-bond acceptors (Lipinski definition) is 3. The van der Waals surface area contributed by atoms with Gasteiger partial charge in [0.15, 0.2) is 0 Å². The largest absolute Gasteiger partial charge is 0.490 e. The second-order valence-corrected chi connectivity index (χ2v) is 6.70. The lowest BCUT2D eigenvalue weighted by molar-refractivity contribution is 0.0792. The quantitative estimate of drug-likeness (QED) is 0.886. The highest BCUT2D eigenvalue weighted by atomic mass is 16.5. The van der Waals surface area contributed by atoms with Crippen LogP contribution in [0.15, 0.2) is 48.5 Å². The van der Waals surface area contributed by atoms with Crippen LogP contribution in [0, 0.1) is 0 Å². The Hall–Kier alpha value is -2.82. The van der Waals surface area contributed by atoms with E-state index in [-0.39, 0.29) is 17.9 Å². The maximum Gasteiger partial charge on any atom is 0.259 e. The van der Waals surface area contributed by atoms with E-state index >= 15 is 0 Å². The minimum Gasteiger partial charge on any atom is -0.490 e. The summed E-state index contributed by atoms with van der Waals surface area (Å²) in [6.07, 6.45) is 2.08. The molecule has 2 aromatic rings. The van der Waals surface area contributed by atoms with Crippen molar-refractivity contribution in [2.75, 3.05) is 18.4 Å². The van der Waals surface area contributed by atoms with Gasteiger partial charge in [0.1, 0.15) is 5.75 Å². The zero-order valence-corrected chi connectivity index (χ0v) is 15.2. The third-order valence-electron chi connectivity index (χ3n) is 4.26. The van der Waals surface area contributed by atoms with E-state index in [0.29, 0.717) is 22.6 Å². The summed E-state index contributed by atoms with van der Waals surface area (Å²) in [6.45, 7) is 5.44. The lowest BCUT2D eigenvalue weighted by atomic mass is 10.1. The number of nitrogens with one attached hydrogen (secondary N) is 1. The van der Waals surface area contributed by atoms with Gasteiger partial charge in [0.2, 0.25) is 0 Å². The van der Waals surface area contributed by atoms with E-state index in [1.54, 1.807) is 42.5 Å². The van der Waals surface area contributed by atoms with Gasteiger partial charge in [0.25, 0.3) is 11.8 Å². The number of anilines is 1. The third kappa shape index (κ3) is 4.23. The Bertz CT molecular complexity index is 795. The molecule has 5 nitrogen and oxygen atoms in total. The van der Waals surface area contributed by atoms with Gasteiger partial charge >= 0.3 is 0 Å². The summed E-state index contributed by atoms with van der Waals surface area (Å²) >= 11 is 0. The van der Waals surface area contributed by atoms with Crippen molar-refractivity contribution in [2.24, 2.45) is 0 Å². The van der Waals surface area contributed by atoms with Gasteiger partial charge in [-0.05, 0) is 57.0 Å². The molecular weight excluding hydrogens is 328 g/mol. The molecule has 0 aromatic heterocycles. The maximum atomic E-state index is 12.7. The van der Waals surface area contributed by atoms with Gasteiger partial charge < -0.3 is 15.0 Å². The van der Waals surface area contributed by atoms with E-state index in [0.717, 1.165) is 25.9 Å². The highest BCUT2D eigenvalue weighted by molar-refractivity contribution is 6.06. The number of benzene rings is 2. The summed E-state index contributed by atoms with van der Waals surface area (Å²) < 4.78 is 5.71. The number of rotatable bonds is 5. The van der Waals surface area contributed by atoms with Crippen LogP contribution in [0.1, 0.15) is 47.4 Å². The summed E-state index contributed by atoms with van der Waals surface area (Å²) in [5.41, 5.74) is 1.66. The van der Waals surface area contributed by atoms with Crippen LogP contribution >= 0.6 is 0 Å². The zero-order valence-electron chi connectivity index (χ0n) is 15.2. The molecule has 1 aliphatic heterocycles. The molecule has 0 atom stereocenters. The van der Waals surface area contributed by atoms with Crippen molar-refractivity contribution in [2.45, 2.75) is 32.8 Å². The Kier molecular flexibility index (Phi) is 5.56. The van der Waals surface area contributed by atoms with Crippen molar-refractivity contribution in [1.29, 1.82) is 0 Å². The number of hydrogen-bond donors (Lipinski definition) is 1. The van der Waals surface area contributed by atoms with Crippen LogP contribution < -0.4 is 10.1 Å². The molecule has 0 spiro atoms. The standard InChI is InChI=1S/C21H24N2O3/c1-15(2)26-19-11-4-3-10-18(19)20(24)22-17-9-7-8-16(14-17)21(25)23-12-5-6-13-23/h3-4,7-11,14-15H,5-6,12-13H2,1-2H3,(H,22,24). The summed E-state index contributed by atoms with van der Waals surface area (Å²) in [5, 5.41) is 2.87. The van der Waals surface area contributed by atoms with Gasteiger partial charge in [0, 0.05) is 24.3 Å². The van der Waals surface area contributed by atoms with Gasteiger partial charge in [-0.3, -0.25) is 9.59 Å². The lowest BCUT2D eigenvalue weighted by Crippen LogP contribution is -2.27.